The smallest absolute Gasteiger partial charge is 0.146 e. The van der Waals surface area contributed by atoms with Gasteiger partial charge in [0.1, 0.15) is 23.3 Å². The third-order valence-corrected chi connectivity index (χ3v) is 5.54. The summed E-state index contributed by atoms with van der Waals surface area (Å²) in [6, 6.07) is 9.16. The largest absolute Gasteiger partial charge is 0.366 e. The van der Waals surface area contributed by atoms with E-state index in [9.17, 15) is 4.39 Å². The monoisotopic (exact) mass is 369 g/mol. The maximum absolute atomic E-state index is 14.1. The Morgan fingerprint density at radius 2 is 1.30 bits per heavy atom. The molecule has 2 fully saturated rings. The lowest BCUT2D eigenvalue weighted by atomic mass is 10.2. The molecule has 0 atom stereocenters. The number of benzene rings is 1. The number of para-hydroxylation sites is 1. The number of anilines is 3. The number of hydrogen-bond acceptors (Lipinski definition) is 5. The molecular formula is C21H28FN5. The van der Waals surface area contributed by atoms with E-state index in [2.05, 4.69) is 25.8 Å². The van der Waals surface area contributed by atoms with Crippen LogP contribution < -0.4 is 14.7 Å². The number of piperazine rings is 1. The molecule has 1 aromatic heterocycles. The molecule has 3 heterocycles. The molecule has 27 heavy (non-hydrogen) atoms. The Hall–Kier alpha value is -2.37. The molecule has 2 aliphatic rings. The summed E-state index contributed by atoms with van der Waals surface area (Å²) in [6.07, 6.45) is 5.09. The van der Waals surface area contributed by atoms with Crippen LogP contribution in [0.1, 0.15) is 31.5 Å². The van der Waals surface area contributed by atoms with Gasteiger partial charge in [0.2, 0.25) is 0 Å². The van der Waals surface area contributed by atoms with Crippen LogP contribution in [0.4, 0.5) is 21.7 Å². The van der Waals surface area contributed by atoms with Gasteiger partial charge in [-0.05, 0) is 31.9 Å². The maximum atomic E-state index is 14.1. The molecule has 0 bridgehead atoms. The Morgan fingerprint density at radius 3 is 1.93 bits per heavy atom. The van der Waals surface area contributed by atoms with Crippen molar-refractivity contribution in [3.05, 3.63) is 42.0 Å². The standard InChI is InChI=1S/C21H28FN5/c1-17-23-20(26-10-6-2-3-7-11-26)16-21(24-17)27-14-12-25(13-15-27)19-9-5-4-8-18(19)22/h4-5,8-9,16H,2-3,6-7,10-15H2,1H3. The van der Waals surface area contributed by atoms with Gasteiger partial charge in [0.05, 0.1) is 5.69 Å². The van der Waals surface area contributed by atoms with Crippen molar-refractivity contribution in [3.63, 3.8) is 0 Å². The third kappa shape index (κ3) is 4.15. The average molecular weight is 369 g/mol. The predicted molar refractivity (Wildman–Crippen MR) is 108 cm³/mol. The summed E-state index contributed by atoms with van der Waals surface area (Å²) in [7, 11) is 0. The molecule has 0 spiro atoms. The third-order valence-electron chi connectivity index (χ3n) is 5.54. The number of aromatic nitrogens is 2. The lowest BCUT2D eigenvalue weighted by molar-refractivity contribution is 0.595. The Labute approximate surface area is 160 Å². The molecular weight excluding hydrogens is 341 g/mol. The minimum Gasteiger partial charge on any atom is -0.366 e. The van der Waals surface area contributed by atoms with E-state index >= 15 is 0 Å². The quantitative estimate of drug-likeness (QED) is 0.826. The molecule has 2 saturated heterocycles. The van der Waals surface area contributed by atoms with Gasteiger partial charge in [-0.25, -0.2) is 14.4 Å². The summed E-state index contributed by atoms with van der Waals surface area (Å²) in [5, 5.41) is 0. The van der Waals surface area contributed by atoms with E-state index in [4.69, 9.17) is 4.98 Å². The number of rotatable bonds is 3. The van der Waals surface area contributed by atoms with Gasteiger partial charge in [-0.15, -0.1) is 0 Å². The molecule has 0 aliphatic carbocycles. The van der Waals surface area contributed by atoms with Crippen LogP contribution >= 0.6 is 0 Å². The summed E-state index contributed by atoms with van der Waals surface area (Å²) in [5.74, 6) is 2.72. The van der Waals surface area contributed by atoms with Crippen LogP contribution in [0.15, 0.2) is 30.3 Å². The molecule has 1 aromatic carbocycles. The zero-order valence-corrected chi connectivity index (χ0v) is 16.1. The number of aryl methyl sites for hydroxylation is 1. The van der Waals surface area contributed by atoms with Crippen molar-refractivity contribution in [1.29, 1.82) is 0 Å². The summed E-state index contributed by atoms with van der Waals surface area (Å²) in [6.45, 7) is 7.40. The minimum absolute atomic E-state index is 0.146. The Bertz CT molecular complexity index is 765. The first-order chi connectivity index (χ1) is 13.2. The summed E-state index contributed by atoms with van der Waals surface area (Å²) in [5.41, 5.74) is 0.696. The summed E-state index contributed by atoms with van der Waals surface area (Å²) in [4.78, 5) is 16.2. The van der Waals surface area contributed by atoms with Crippen LogP contribution in [0, 0.1) is 12.7 Å². The van der Waals surface area contributed by atoms with Crippen LogP contribution in [-0.2, 0) is 0 Å². The first-order valence-electron chi connectivity index (χ1n) is 10.1. The van der Waals surface area contributed by atoms with E-state index in [0.29, 0.717) is 5.69 Å². The SMILES string of the molecule is Cc1nc(N2CCCCCC2)cc(N2CCN(c3ccccc3F)CC2)n1. The van der Waals surface area contributed by atoms with E-state index in [-0.39, 0.29) is 5.82 Å². The molecule has 0 N–H and O–H groups in total. The normalized spacial score (nSPS) is 18.5. The highest BCUT2D eigenvalue weighted by Crippen LogP contribution is 2.25. The fourth-order valence-electron chi connectivity index (χ4n) is 4.04. The summed E-state index contributed by atoms with van der Waals surface area (Å²) >= 11 is 0. The van der Waals surface area contributed by atoms with Gasteiger partial charge >= 0.3 is 0 Å². The van der Waals surface area contributed by atoms with Crippen molar-refractivity contribution in [2.75, 3.05) is 54.0 Å². The van der Waals surface area contributed by atoms with Crippen molar-refractivity contribution < 1.29 is 4.39 Å². The molecule has 5 nitrogen and oxygen atoms in total. The lowest BCUT2D eigenvalue weighted by Gasteiger charge is -2.37. The van der Waals surface area contributed by atoms with Gasteiger partial charge < -0.3 is 14.7 Å². The van der Waals surface area contributed by atoms with Crippen molar-refractivity contribution in [3.8, 4) is 0 Å². The van der Waals surface area contributed by atoms with Crippen molar-refractivity contribution >= 4 is 17.3 Å². The second kappa shape index (κ2) is 8.11. The molecule has 0 amide bonds. The molecule has 2 aromatic rings. The van der Waals surface area contributed by atoms with Crippen LogP contribution in [0.5, 0.6) is 0 Å². The van der Waals surface area contributed by atoms with Gasteiger partial charge in [0.15, 0.2) is 0 Å². The van der Waals surface area contributed by atoms with Gasteiger partial charge in [0, 0.05) is 45.3 Å². The van der Waals surface area contributed by atoms with Crippen LogP contribution in [0.25, 0.3) is 0 Å². The van der Waals surface area contributed by atoms with Crippen molar-refractivity contribution in [2.24, 2.45) is 0 Å². The molecule has 6 heteroatoms. The molecule has 0 unspecified atom stereocenters. The van der Waals surface area contributed by atoms with Gasteiger partial charge in [-0.2, -0.15) is 0 Å². The number of hydrogen-bond donors (Lipinski definition) is 0. The predicted octanol–water partition coefficient (Wildman–Crippen LogP) is 3.63. The van der Waals surface area contributed by atoms with E-state index in [1.807, 2.05) is 19.1 Å². The fourth-order valence-corrected chi connectivity index (χ4v) is 4.04. The zero-order valence-electron chi connectivity index (χ0n) is 16.1. The molecule has 2 aliphatic heterocycles. The van der Waals surface area contributed by atoms with Gasteiger partial charge in [-0.1, -0.05) is 25.0 Å². The average Bonchev–Trinajstić information content (AvgIpc) is 2.98. The summed E-state index contributed by atoms with van der Waals surface area (Å²) < 4.78 is 14.1. The van der Waals surface area contributed by atoms with Crippen LogP contribution in [-0.4, -0.2) is 49.2 Å². The number of halogens is 1. The molecule has 0 saturated carbocycles. The van der Waals surface area contributed by atoms with E-state index in [0.717, 1.165) is 56.7 Å². The van der Waals surface area contributed by atoms with Crippen LogP contribution in [0.3, 0.4) is 0 Å². The number of nitrogens with zero attached hydrogens (tertiary/aromatic N) is 5. The second-order valence-corrected chi connectivity index (χ2v) is 7.46. The Balaban J connectivity index is 1.47. The first kappa shape index (κ1) is 18.0. The first-order valence-corrected chi connectivity index (χ1v) is 10.1. The van der Waals surface area contributed by atoms with Gasteiger partial charge in [0.25, 0.3) is 0 Å². The van der Waals surface area contributed by atoms with Crippen LogP contribution in [0.2, 0.25) is 0 Å². The van der Waals surface area contributed by atoms with Gasteiger partial charge in [-0.3, -0.25) is 0 Å². The highest BCUT2D eigenvalue weighted by atomic mass is 19.1. The second-order valence-electron chi connectivity index (χ2n) is 7.46. The van der Waals surface area contributed by atoms with E-state index in [1.165, 1.54) is 31.7 Å². The Morgan fingerprint density at radius 1 is 0.741 bits per heavy atom. The molecule has 4 rings (SSSR count). The fraction of sp³-hybridized carbons (Fsp3) is 0.524. The maximum Gasteiger partial charge on any atom is 0.146 e. The minimum atomic E-state index is -0.146. The van der Waals surface area contributed by atoms with E-state index < -0.39 is 0 Å². The van der Waals surface area contributed by atoms with Crippen molar-refractivity contribution in [1.82, 2.24) is 9.97 Å². The lowest BCUT2D eigenvalue weighted by Crippen LogP contribution is -2.47. The Kier molecular flexibility index (Phi) is 5.41. The molecule has 144 valence electrons. The topological polar surface area (TPSA) is 35.5 Å². The highest BCUT2D eigenvalue weighted by molar-refractivity contribution is 5.54. The van der Waals surface area contributed by atoms with E-state index in [1.54, 1.807) is 6.07 Å². The highest BCUT2D eigenvalue weighted by Gasteiger charge is 2.22. The van der Waals surface area contributed by atoms with Crippen molar-refractivity contribution in [2.45, 2.75) is 32.6 Å². The molecule has 0 radical (unpaired) electrons. The zero-order chi connectivity index (χ0) is 18.6.